The second kappa shape index (κ2) is 8.76. The maximum absolute atomic E-state index is 12.9. The van der Waals surface area contributed by atoms with Crippen molar-refractivity contribution in [2.75, 3.05) is 5.75 Å². The molecule has 0 aromatic heterocycles. The molecule has 2 heteroatoms. The van der Waals surface area contributed by atoms with Crippen molar-refractivity contribution < 1.29 is 4.79 Å². The van der Waals surface area contributed by atoms with Crippen LogP contribution in [0.4, 0.5) is 0 Å². The Kier molecular flexibility index (Phi) is 6.71. The van der Waals surface area contributed by atoms with Gasteiger partial charge in [0.15, 0.2) is 11.5 Å². The predicted octanol–water partition coefficient (Wildman–Crippen LogP) is 5.42. The van der Waals surface area contributed by atoms with Crippen LogP contribution in [-0.4, -0.2) is 22.0 Å². The zero-order chi connectivity index (χ0) is 15.2. The van der Waals surface area contributed by atoms with Crippen LogP contribution in [0.2, 0.25) is 0 Å². The van der Waals surface area contributed by atoms with E-state index in [1.807, 2.05) is 0 Å². The Morgan fingerprint density at radius 3 is 1.50 bits per heavy atom. The molecule has 0 aromatic rings. The van der Waals surface area contributed by atoms with Crippen molar-refractivity contribution >= 4 is 16.7 Å². The van der Waals surface area contributed by atoms with Crippen LogP contribution in [0, 0.1) is 5.92 Å². The van der Waals surface area contributed by atoms with Crippen LogP contribution < -0.4 is 0 Å². The van der Waals surface area contributed by atoms with Crippen molar-refractivity contribution in [2.45, 2.75) is 107 Å². The van der Waals surface area contributed by atoms with Crippen LogP contribution in [0.5, 0.6) is 0 Å². The van der Waals surface area contributed by atoms with E-state index in [2.05, 4.69) is 0 Å². The number of carbonyl (C=O) groups excluding carboxylic acids is 1. The van der Waals surface area contributed by atoms with Gasteiger partial charge in [0.25, 0.3) is 0 Å². The van der Waals surface area contributed by atoms with Gasteiger partial charge in [-0.05, 0) is 64.2 Å². The average molecular weight is 324 g/mol. The normalized spacial score (nSPS) is 26.4. The van der Waals surface area contributed by atoms with Gasteiger partial charge in [0, 0.05) is 16.8 Å². The molecule has 3 aliphatic rings. The minimum Gasteiger partial charge on any atom is -0.294 e. The van der Waals surface area contributed by atoms with Gasteiger partial charge < -0.3 is 0 Å². The quantitative estimate of drug-likeness (QED) is 0.617. The van der Waals surface area contributed by atoms with Gasteiger partial charge in [-0.3, -0.25) is 4.79 Å². The number of rotatable bonds is 5. The summed E-state index contributed by atoms with van der Waals surface area (Å²) < 4.78 is 0. The highest BCUT2D eigenvalue weighted by Crippen LogP contribution is 2.35. The topological polar surface area (TPSA) is 17.1 Å². The third kappa shape index (κ3) is 4.52. The molecule has 3 rings (SSSR count). The molecule has 0 heterocycles. The summed E-state index contributed by atoms with van der Waals surface area (Å²) in [6.45, 7) is 0. The monoisotopic (exact) mass is 323 g/mol. The Morgan fingerprint density at radius 1 is 0.636 bits per heavy atom. The summed E-state index contributed by atoms with van der Waals surface area (Å²) in [5, 5.41) is 1.81. The molecule has 0 amide bonds. The second-order valence-electron chi connectivity index (χ2n) is 7.94. The number of carbonyl (C=O) groups is 1. The van der Waals surface area contributed by atoms with Crippen molar-refractivity contribution in [2.24, 2.45) is 5.92 Å². The van der Waals surface area contributed by atoms with Gasteiger partial charge in [0.1, 0.15) is 10.5 Å². The zero-order valence-corrected chi connectivity index (χ0v) is 15.2. The lowest BCUT2D eigenvalue weighted by Crippen LogP contribution is -2.41. The molecule has 1 nitrogen and oxygen atoms in total. The number of Topliss-reactive ketones (excluding diaryl/α,β-unsaturated/α-hetero) is 1. The SMILES string of the molecule is O=C(C[S+](C1CCCCC1)C1CCCCC1)C1CCCCC1. The molecule has 0 spiro atoms. The maximum atomic E-state index is 12.9. The van der Waals surface area contributed by atoms with E-state index in [0.29, 0.717) is 22.6 Å². The Morgan fingerprint density at radius 2 is 1.05 bits per heavy atom. The first kappa shape index (κ1) is 16.9. The van der Waals surface area contributed by atoms with Gasteiger partial charge in [-0.1, -0.05) is 32.1 Å². The zero-order valence-electron chi connectivity index (χ0n) is 14.4. The molecule has 3 saturated carbocycles. The van der Waals surface area contributed by atoms with Crippen LogP contribution >= 0.6 is 0 Å². The van der Waals surface area contributed by atoms with E-state index < -0.39 is 0 Å². The minimum atomic E-state index is 0.421. The first-order valence-corrected chi connectivity index (χ1v) is 11.6. The van der Waals surface area contributed by atoms with Crippen molar-refractivity contribution in [1.29, 1.82) is 0 Å². The Hall–Kier alpha value is 0.0200. The van der Waals surface area contributed by atoms with Crippen molar-refractivity contribution in [1.82, 2.24) is 0 Å². The fraction of sp³-hybridized carbons (Fsp3) is 0.950. The van der Waals surface area contributed by atoms with Gasteiger partial charge in [-0.15, -0.1) is 0 Å². The molecular weight excluding hydrogens is 288 g/mol. The summed E-state index contributed by atoms with van der Waals surface area (Å²) in [5.74, 6) is 2.08. The molecule has 0 atom stereocenters. The first-order chi connectivity index (χ1) is 10.8. The van der Waals surface area contributed by atoms with E-state index in [1.54, 1.807) is 0 Å². The molecular formula is C20H35OS+. The van der Waals surface area contributed by atoms with Crippen LogP contribution in [-0.2, 0) is 15.7 Å². The summed E-state index contributed by atoms with van der Waals surface area (Å²) >= 11 is 0. The Labute approximate surface area is 140 Å². The summed E-state index contributed by atoms with van der Waals surface area (Å²) in [5.41, 5.74) is 0. The molecule has 0 aliphatic heterocycles. The third-order valence-electron chi connectivity index (χ3n) is 6.33. The maximum Gasteiger partial charge on any atom is 0.184 e. The average Bonchev–Trinajstić information content (AvgIpc) is 2.62. The van der Waals surface area contributed by atoms with Gasteiger partial charge in [-0.2, -0.15) is 0 Å². The Balaban J connectivity index is 1.62. The van der Waals surface area contributed by atoms with Gasteiger partial charge in [0.2, 0.25) is 0 Å². The number of hydrogen-bond acceptors (Lipinski definition) is 1. The fourth-order valence-corrected chi connectivity index (χ4v) is 8.41. The Bertz CT molecular complexity index is 318. The highest BCUT2D eigenvalue weighted by Gasteiger charge is 2.42. The lowest BCUT2D eigenvalue weighted by Gasteiger charge is -2.31. The molecule has 0 N–H and O–H groups in total. The highest BCUT2D eigenvalue weighted by atomic mass is 32.2. The van der Waals surface area contributed by atoms with E-state index in [4.69, 9.17) is 0 Å². The molecule has 0 bridgehead atoms. The minimum absolute atomic E-state index is 0.421. The lowest BCUT2D eigenvalue weighted by atomic mass is 9.87. The molecule has 3 fully saturated rings. The van der Waals surface area contributed by atoms with Crippen LogP contribution in [0.3, 0.4) is 0 Å². The molecule has 0 unspecified atom stereocenters. The van der Waals surface area contributed by atoms with Crippen molar-refractivity contribution in [3.63, 3.8) is 0 Å². The summed E-state index contributed by atoms with van der Waals surface area (Å²) in [4.78, 5) is 12.9. The third-order valence-corrected chi connectivity index (χ3v) is 9.60. The van der Waals surface area contributed by atoms with E-state index >= 15 is 0 Å². The fourth-order valence-electron chi connectivity index (χ4n) is 4.95. The van der Waals surface area contributed by atoms with Gasteiger partial charge in [0.05, 0.1) is 0 Å². The smallest absolute Gasteiger partial charge is 0.184 e. The van der Waals surface area contributed by atoms with E-state index in [1.165, 1.54) is 96.3 Å². The van der Waals surface area contributed by atoms with E-state index in [9.17, 15) is 4.79 Å². The molecule has 22 heavy (non-hydrogen) atoms. The lowest BCUT2D eigenvalue weighted by molar-refractivity contribution is -0.121. The van der Waals surface area contributed by atoms with Crippen molar-refractivity contribution in [3.8, 4) is 0 Å². The molecule has 0 aromatic carbocycles. The molecule has 0 radical (unpaired) electrons. The summed E-state index contributed by atoms with van der Waals surface area (Å²) in [7, 11) is 0.421. The van der Waals surface area contributed by atoms with E-state index in [0.717, 1.165) is 16.3 Å². The number of hydrogen-bond donors (Lipinski definition) is 0. The summed E-state index contributed by atoms with van der Waals surface area (Å²) in [6, 6.07) is 0. The van der Waals surface area contributed by atoms with Crippen LogP contribution in [0.25, 0.3) is 0 Å². The molecule has 0 saturated heterocycles. The van der Waals surface area contributed by atoms with Crippen LogP contribution in [0.1, 0.15) is 96.3 Å². The van der Waals surface area contributed by atoms with E-state index in [-0.39, 0.29) is 0 Å². The standard InChI is InChI=1S/C20H35OS/c21-20(17-10-4-1-5-11-17)16-22(18-12-6-2-7-13-18)19-14-8-3-9-15-19/h17-19H,1-16H2/q+1. The van der Waals surface area contributed by atoms with Crippen LogP contribution in [0.15, 0.2) is 0 Å². The highest BCUT2D eigenvalue weighted by molar-refractivity contribution is 7.98. The predicted molar refractivity (Wildman–Crippen MR) is 97.6 cm³/mol. The van der Waals surface area contributed by atoms with Gasteiger partial charge >= 0.3 is 0 Å². The van der Waals surface area contributed by atoms with Gasteiger partial charge in [-0.25, -0.2) is 0 Å². The molecule has 3 aliphatic carbocycles. The molecule has 126 valence electrons. The summed E-state index contributed by atoms with van der Waals surface area (Å²) in [6.07, 6.45) is 20.7. The second-order valence-corrected chi connectivity index (χ2v) is 10.5. The largest absolute Gasteiger partial charge is 0.294 e. The van der Waals surface area contributed by atoms with Crippen molar-refractivity contribution in [3.05, 3.63) is 0 Å². The number of ketones is 1. The first-order valence-electron chi connectivity index (χ1n) is 10.1.